The van der Waals surface area contributed by atoms with E-state index in [0.717, 1.165) is 45.4 Å². The van der Waals surface area contributed by atoms with E-state index in [9.17, 15) is 0 Å². The molecule has 0 unspecified atom stereocenters. The summed E-state index contributed by atoms with van der Waals surface area (Å²) in [6.45, 7) is 2.50. The summed E-state index contributed by atoms with van der Waals surface area (Å²) in [4.78, 5) is 8.87. The number of hydrogen-bond donors (Lipinski definition) is 1. The molecular weight excluding hydrogens is 450 g/mol. The van der Waals surface area contributed by atoms with Crippen LogP contribution in [0.4, 0.5) is 11.5 Å². The van der Waals surface area contributed by atoms with Gasteiger partial charge in [-0.2, -0.15) is 5.10 Å². The van der Waals surface area contributed by atoms with Gasteiger partial charge in [-0.15, -0.1) is 22.6 Å². The molecule has 0 saturated heterocycles. The van der Waals surface area contributed by atoms with Gasteiger partial charge in [-0.3, -0.25) is 4.68 Å². The summed E-state index contributed by atoms with van der Waals surface area (Å²) in [6, 6.07) is 22.3. The molecule has 6 rings (SSSR count). The van der Waals surface area contributed by atoms with Crippen LogP contribution >= 0.6 is 12.4 Å². The van der Waals surface area contributed by atoms with Gasteiger partial charge >= 0.3 is 0 Å². The van der Waals surface area contributed by atoms with E-state index in [-0.39, 0.29) is 12.4 Å². The van der Waals surface area contributed by atoms with Crippen molar-refractivity contribution < 1.29 is 4.42 Å². The first-order chi connectivity index (χ1) is 16.2. The van der Waals surface area contributed by atoms with Crippen LogP contribution in [0.2, 0.25) is 0 Å². The Morgan fingerprint density at radius 1 is 0.941 bits per heavy atom. The highest BCUT2D eigenvalue weighted by molar-refractivity contribution is 5.93. The molecule has 0 saturated carbocycles. The summed E-state index contributed by atoms with van der Waals surface area (Å²) < 4.78 is 7.54. The number of aromatic nitrogens is 6. The van der Waals surface area contributed by atoms with Gasteiger partial charge < -0.3 is 9.73 Å². The Labute approximate surface area is 201 Å². The van der Waals surface area contributed by atoms with Gasteiger partial charge in [-0.25, -0.2) is 9.97 Å². The summed E-state index contributed by atoms with van der Waals surface area (Å²) in [5.74, 6) is 1.72. The van der Waals surface area contributed by atoms with Crippen LogP contribution < -0.4 is 5.32 Å². The molecule has 8 nitrogen and oxygen atoms in total. The fourth-order valence-corrected chi connectivity index (χ4v) is 3.89. The van der Waals surface area contributed by atoms with Gasteiger partial charge in [0.2, 0.25) is 11.8 Å². The van der Waals surface area contributed by atoms with Gasteiger partial charge in [-0.05, 0) is 42.0 Å². The van der Waals surface area contributed by atoms with E-state index < -0.39 is 0 Å². The average Bonchev–Trinajstić information content (AvgIpc) is 3.46. The number of fused-ring (bicyclic) bond motifs is 2. The molecule has 0 radical (unpaired) electrons. The Bertz CT molecular complexity index is 1590. The normalized spacial score (nSPS) is 11.0. The van der Waals surface area contributed by atoms with Crippen molar-refractivity contribution in [3.63, 3.8) is 0 Å². The van der Waals surface area contributed by atoms with E-state index in [1.165, 1.54) is 5.56 Å². The fraction of sp³-hybridized carbons (Fsp3) is 0.0800. The molecule has 0 atom stereocenters. The van der Waals surface area contributed by atoms with Crippen LogP contribution in [-0.2, 0) is 6.54 Å². The summed E-state index contributed by atoms with van der Waals surface area (Å²) in [7, 11) is 0. The Balaban J connectivity index is 0.00000241. The third-order valence-electron chi connectivity index (χ3n) is 5.49. The Hall–Kier alpha value is -4.30. The molecule has 0 aliphatic heterocycles. The van der Waals surface area contributed by atoms with Crippen molar-refractivity contribution in [3.05, 3.63) is 90.7 Å². The van der Waals surface area contributed by atoms with Crippen molar-refractivity contribution >= 4 is 45.7 Å². The summed E-state index contributed by atoms with van der Waals surface area (Å²) >= 11 is 0. The lowest BCUT2D eigenvalue weighted by Gasteiger charge is -2.09. The van der Waals surface area contributed by atoms with Crippen LogP contribution in [0.3, 0.4) is 0 Å². The van der Waals surface area contributed by atoms with Gasteiger partial charge in [0, 0.05) is 28.9 Å². The minimum Gasteiger partial charge on any atom is -0.421 e. The Morgan fingerprint density at radius 3 is 2.65 bits per heavy atom. The van der Waals surface area contributed by atoms with Gasteiger partial charge in [-0.1, -0.05) is 30.3 Å². The van der Waals surface area contributed by atoms with Gasteiger partial charge in [0.15, 0.2) is 0 Å². The fourth-order valence-electron chi connectivity index (χ4n) is 3.89. The maximum atomic E-state index is 5.54. The minimum absolute atomic E-state index is 0. The van der Waals surface area contributed by atoms with Gasteiger partial charge in [0.1, 0.15) is 12.1 Å². The number of nitrogens with one attached hydrogen (secondary N) is 1. The quantitative estimate of drug-likeness (QED) is 0.353. The highest BCUT2D eigenvalue weighted by atomic mass is 35.5. The second kappa shape index (κ2) is 8.92. The molecule has 3 heterocycles. The van der Waals surface area contributed by atoms with E-state index in [2.05, 4.69) is 54.8 Å². The largest absolute Gasteiger partial charge is 0.421 e. The lowest BCUT2D eigenvalue weighted by Crippen LogP contribution is -2.01. The lowest BCUT2D eigenvalue weighted by molar-refractivity contribution is 0.533. The summed E-state index contributed by atoms with van der Waals surface area (Å²) in [6.07, 6.45) is 3.43. The van der Waals surface area contributed by atoms with Crippen molar-refractivity contribution in [1.82, 2.24) is 29.9 Å². The van der Waals surface area contributed by atoms with E-state index in [4.69, 9.17) is 4.42 Å². The monoisotopic (exact) mass is 469 g/mol. The summed E-state index contributed by atoms with van der Waals surface area (Å²) in [5, 5.41) is 17.9. The molecule has 0 fully saturated rings. The zero-order valence-electron chi connectivity index (χ0n) is 18.2. The smallest absolute Gasteiger partial charge is 0.247 e. The predicted molar refractivity (Wildman–Crippen MR) is 133 cm³/mol. The molecule has 0 aliphatic rings. The molecule has 9 heteroatoms. The van der Waals surface area contributed by atoms with Crippen LogP contribution in [0.1, 0.15) is 11.5 Å². The van der Waals surface area contributed by atoms with Crippen molar-refractivity contribution in [1.29, 1.82) is 0 Å². The molecule has 34 heavy (non-hydrogen) atoms. The second-order valence-electron chi connectivity index (χ2n) is 7.77. The van der Waals surface area contributed by atoms with Gasteiger partial charge in [0.25, 0.3) is 0 Å². The molecule has 1 N–H and O–H groups in total. The lowest BCUT2D eigenvalue weighted by atomic mass is 10.1. The number of halogens is 1. The molecule has 0 spiro atoms. The highest BCUT2D eigenvalue weighted by Gasteiger charge is 2.11. The molecule has 3 aromatic heterocycles. The van der Waals surface area contributed by atoms with Crippen LogP contribution in [0.25, 0.3) is 33.3 Å². The number of rotatable bonds is 5. The first-order valence-corrected chi connectivity index (χ1v) is 10.5. The first-order valence-electron chi connectivity index (χ1n) is 10.5. The van der Waals surface area contributed by atoms with Crippen molar-refractivity contribution in [2.75, 3.05) is 5.32 Å². The van der Waals surface area contributed by atoms with E-state index in [1.807, 2.05) is 53.3 Å². The van der Waals surface area contributed by atoms with Crippen LogP contribution in [0.5, 0.6) is 0 Å². The van der Waals surface area contributed by atoms with E-state index >= 15 is 0 Å². The zero-order valence-corrected chi connectivity index (χ0v) is 19.0. The third kappa shape index (κ3) is 4.06. The number of benzene rings is 3. The average molecular weight is 470 g/mol. The predicted octanol–water partition coefficient (Wildman–Crippen LogP) is 5.55. The summed E-state index contributed by atoms with van der Waals surface area (Å²) in [5.41, 5.74) is 4.83. The minimum atomic E-state index is 0. The number of anilines is 2. The van der Waals surface area contributed by atoms with E-state index in [0.29, 0.717) is 11.8 Å². The van der Waals surface area contributed by atoms with Crippen molar-refractivity contribution in [2.45, 2.75) is 13.5 Å². The SMILES string of the molecule is Cc1nnc(-c2ccc3c(Nc4ccc5c(cnn5Cc5ccccc5)c4)ncnc3c2)o1.Cl. The molecule has 0 bridgehead atoms. The third-order valence-corrected chi connectivity index (χ3v) is 5.49. The zero-order chi connectivity index (χ0) is 22.2. The highest BCUT2D eigenvalue weighted by Crippen LogP contribution is 2.28. The maximum Gasteiger partial charge on any atom is 0.247 e. The molecular formula is C25H20ClN7O. The van der Waals surface area contributed by atoms with Gasteiger partial charge in [0.05, 0.1) is 23.8 Å². The topological polar surface area (TPSA) is 94.6 Å². The maximum absolute atomic E-state index is 5.54. The Morgan fingerprint density at radius 2 is 1.82 bits per heavy atom. The molecule has 6 aromatic rings. The molecule has 3 aromatic carbocycles. The van der Waals surface area contributed by atoms with Crippen LogP contribution in [0.15, 0.2) is 83.7 Å². The standard InChI is InChI=1S/C25H19N7O.ClH/c1-16-30-31-25(33-16)18-7-9-21-22(12-18)26-15-27-24(21)29-20-8-10-23-19(11-20)13-28-32(23)14-17-5-3-2-4-6-17;/h2-13,15H,14H2,1H3,(H,26,27,29);1H. The number of nitrogens with zero attached hydrogens (tertiary/aromatic N) is 6. The molecule has 168 valence electrons. The van der Waals surface area contributed by atoms with Crippen molar-refractivity contribution in [2.24, 2.45) is 0 Å². The first kappa shape index (κ1) is 21.5. The van der Waals surface area contributed by atoms with E-state index in [1.54, 1.807) is 13.3 Å². The Kier molecular flexibility index (Phi) is 5.65. The van der Waals surface area contributed by atoms with Crippen LogP contribution in [0, 0.1) is 6.92 Å². The molecule has 0 aliphatic carbocycles. The van der Waals surface area contributed by atoms with Crippen LogP contribution in [-0.4, -0.2) is 29.9 Å². The van der Waals surface area contributed by atoms with Crippen molar-refractivity contribution in [3.8, 4) is 11.5 Å². The number of hydrogen-bond acceptors (Lipinski definition) is 7. The number of aryl methyl sites for hydroxylation is 1. The second-order valence-corrected chi connectivity index (χ2v) is 7.77. The molecule has 0 amide bonds.